The van der Waals surface area contributed by atoms with E-state index in [-0.39, 0.29) is 0 Å². The Morgan fingerprint density at radius 1 is 1.29 bits per heavy atom. The average molecular weight is 191 g/mol. The molecule has 0 spiro atoms. The molecular formula is C12H17NO. The molecule has 0 bridgehead atoms. The monoisotopic (exact) mass is 191 g/mol. The van der Waals surface area contributed by atoms with Gasteiger partial charge in [-0.3, -0.25) is 0 Å². The van der Waals surface area contributed by atoms with Gasteiger partial charge >= 0.3 is 0 Å². The number of rotatable bonds is 2. The van der Waals surface area contributed by atoms with Crippen molar-refractivity contribution in [3.63, 3.8) is 0 Å². The van der Waals surface area contributed by atoms with E-state index in [0.29, 0.717) is 18.4 Å². The fraction of sp³-hybridized carbons (Fsp3) is 0.500. The van der Waals surface area contributed by atoms with Gasteiger partial charge in [0, 0.05) is 19.1 Å². The minimum atomic E-state index is 0.307. The zero-order chi connectivity index (χ0) is 9.80. The molecule has 0 aliphatic carbocycles. The first-order valence-electron chi connectivity index (χ1n) is 5.28. The Morgan fingerprint density at radius 3 is 2.79 bits per heavy atom. The molecule has 2 N–H and O–H groups in total. The second-order valence-corrected chi connectivity index (χ2v) is 3.95. The summed E-state index contributed by atoms with van der Waals surface area (Å²) in [6.45, 7) is 2.34. The van der Waals surface area contributed by atoms with E-state index in [4.69, 9.17) is 0 Å². The molecule has 2 nitrogen and oxygen atoms in total. The fourth-order valence-electron chi connectivity index (χ4n) is 2.22. The summed E-state index contributed by atoms with van der Waals surface area (Å²) in [5.41, 5.74) is 1.35. The molecule has 1 heterocycles. The van der Waals surface area contributed by atoms with Crippen molar-refractivity contribution in [2.75, 3.05) is 19.7 Å². The van der Waals surface area contributed by atoms with Gasteiger partial charge in [0.2, 0.25) is 0 Å². The SMILES string of the molecule is OC[C@H]1CCNC[C@@H]1c1ccccc1. The van der Waals surface area contributed by atoms with Gasteiger partial charge in [-0.1, -0.05) is 30.3 Å². The summed E-state index contributed by atoms with van der Waals surface area (Å²) in [7, 11) is 0. The van der Waals surface area contributed by atoms with Crippen LogP contribution in [-0.2, 0) is 0 Å². The molecule has 1 aliphatic heterocycles. The Labute approximate surface area is 85.0 Å². The van der Waals surface area contributed by atoms with E-state index in [1.807, 2.05) is 6.07 Å². The quantitative estimate of drug-likeness (QED) is 0.740. The lowest BCUT2D eigenvalue weighted by molar-refractivity contribution is 0.176. The third-order valence-electron chi connectivity index (χ3n) is 3.09. The van der Waals surface area contributed by atoms with E-state index < -0.39 is 0 Å². The van der Waals surface area contributed by atoms with Gasteiger partial charge in [-0.2, -0.15) is 0 Å². The summed E-state index contributed by atoms with van der Waals surface area (Å²) in [6.07, 6.45) is 1.08. The Kier molecular flexibility index (Phi) is 3.17. The van der Waals surface area contributed by atoms with Crippen molar-refractivity contribution in [1.82, 2.24) is 5.32 Å². The molecule has 2 heteroatoms. The molecule has 0 radical (unpaired) electrons. The highest BCUT2D eigenvalue weighted by molar-refractivity contribution is 5.21. The number of aliphatic hydroxyl groups excluding tert-OH is 1. The summed E-state index contributed by atoms with van der Waals surface area (Å²) in [4.78, 5) is 0. The van der Waals surface area contributed by atoms with Gasteiger partial charge < -0.3 is 10.4 Å². The van der Waals surface area contributed by atoms with Gasteiger partial charge in [-0.15, -0.1) is 0 Å². The fourth-order valence-corrected chi connectivity index (χ4v) is 2.22. The highest BCUT2D eigenvalue weighted by atomic mass is 16.3. The lowest BCUT2D eigenvalue weighted by Crippen LogP contribution is -2.36. The van der Waals surface area contributed by atoms with Crippen molar-refractivity contribution in [2.45, 2.75) is 12.3 Å². The largest absolute Gasteiger partial charge is 0.396 e. The van der Waals surface area contributed by atoms with Crippen LogP contribution in [0.2, 0.25) is 0 Å². The number of benzene rings is 1. The summed E-state index contributed by atoms with van der Waals surface area (Å²) in [5, 5.41) is 12.7. The molecular weight excluding hydrogens is 174 g/mol. The van der Waals surface area contributed by atoms with Crippen molar-refractivity contribution < 1.29 is 5.11 Å². The number of piperidine rings is 1. The molecule has 1 saturated heterocycles. The van der Waals surface area contributed by atoms with Crippen molar-refractivity contribution in [3.8, 4) is 0 Å². The van der Waals surface area contributed by atoms with Crippen LogP contribution in [-0.4, -0.2) is 24.8 Å². The molecule has 0 aromatic heterocycles. The first-order valence-corrected chi connectivity index (χ1v) is 5.28. The molecule has 1 fully saturated rings. The van der Waals surface area contributed by atoms with Gasteiger partial charge in [0.1, 0.15) is 0 Å². The summed E-state index contributed by atoms with van der Waals surface area (Å²) in [5.74, 6) is 0.911. The maximum atomic E-state index is 9.29. The molecule has 0 saturated carbocycles. The van der Waals surface area contributed by atoms with Gasteiger partial charge in [0.25, 0.3) is 0 Å². The van der Waals surface area contributed by atoms with Crippen LogP contribution in [0.1, 0.15) is 17.9 Å². The van der Waals surface area contributed by atoms with Crippen LogP contribution in [0.5, 0.6) is 0 Å². The van der Waals surface area contributed by atoms with Crippen LogP contribution < -0.4 is 5.32 Å². The summed E-state index contributed by atoms with van der Waals surface area (Å²) >= 11 is 0. The van der Waals surface area contributed by atoms with Crippen LogP contribution in [0.4, 0.5) is 0 Å². The van der Waals surface area contributed by atoms with E-state index in [9.17, 15) is 5.11 Å². The lowest BCUT2D eigenvalue weighted by atomic mass is 9.82. The third kappa shape index (κ3) is 1.97. The van der Waals surface area contributed by atoms with Crippen LogP contribution in [0, 0.1) is 5.92 Å². The van der Waals surface area contributed by atoms with Gasteiger partial charge in [0.05, 0.1) is 0 Å². The summed E-state index contributed by atoms with van der Waals surface area (Å²) < 4.78 is 0. The molecule has 76 valence electrons. The molecule has 0 amide bonds. The second kappa shape index (κ2) is 4.58. The first-order chi connectivity index (χ1) is 6.92. The predicted molar refractivity (Wildman–Crippen MR) is 57.2 cm³/mol. The first kappa shape index (κ1) is 9.69. The van der Waals surface area contributed by atoms with Crippen molar-refractivity contribution in [3.05, 3.63) is 35.9 Å². The van der Waals surface area contributed by atoms with Crippen LogP contribution in [0.15, 0.2) is 30.3 Å². The molecule has 14 heavy (non-hydrogen) atoms. The van der Waals surface area contributed by atoms with Gasteiger partial charge in [-0.25, -0.2) is 0 Å². The maximum absolute atomic E-state index is 9.29. The van der Waals surface area contributed by atoms with Crippen molar-refractivity contribution >= 4 is 0 Å². The van der Waals surface area contributed by atoms with Crippen LogP contribution in [0.3, 0.4) is 0 Å². The Morgan fingerprint density at radius 2 is 2.07 bits per heavy atom. The Hall–Kier alpha value is -0.860. The van der Waals surface area contributed by atoms with Crippen LogP contribution in [0.25, 0.3) is 0 Å². The van der Waals surface area contributed by atoms with Crippen molar-refractivity contribution in [1.29, 1.82) is 0 Å². The predicted octanol–water partition coefficient (Wildman–Crippen LogP) is 1.37. The van der Waals surface area contributed by atoms with E-state index in [0.717, 1.165) is 19.5 Å². The molecule has 1 aromatic carbocycles. The smallest absolute Gasteiger partial charge is 0.0466 e. The molecule has 1 aliphatic rings. The van der Waals surface area contributed by atoms with E-state index in [1.54, 1.807) is 0 Å². The highest BCUT2D eigenvalue weighted by Crippen LogP contribution is 2.28. The Bertz CT molecular complexity index is 273. The maximum Gasteiger partial charge on any atom is 0.0466 e. The normalized spacial score (nSPS) is 27.5. The topological polar surface area (TPSA) is 32.3 Å². The summed E-state index contributed by atoms with van der Waals surface area (Å²) in [6, 6.07) is 10.5. The number of aliphatic hydroxyl groups is 1. The second-order valence-electron chi connectivity index (χ2n) is 3.95. The minimum absolute atomic E-state index is 0.307. The number of nitrogens with one attached hydrogen (secondary N) is 1. The third-order valence-corrected chi connectivity index (χ3v) is 3.09. The molecule has 1 aromatic rings. The highest BCUT2D eigenvalue weighted by Gasteiger charge is 2.25. The molecule has 2 rings (SSSR count). The zero-order valence-corrected chi connectivity index (χ0v) is 8.32. The standard InChI is InChI=1S/C12H17NO/c14-9-11-6-7-13-8-12(11)10-4-2-1-3-5-10/h1-5,11-14H,6-9H2/t11-,12-/m1/s1. The zero-order valence-electron chi connectivity index (χ0n) is 8.32. The number of hydrogen-bond acceptors (Lipinski definition) is 2. The van der Waals surface area contributed by atoms with Crippen LogP contribution >= 0.6 is 0 Å². The number of hydrogen-bond donors (Lipinski definition) is 2. The van der Waals surface area contributed by atoms with E-state index in [1.165, 1.54) is 5.56 Å². The van der Waals surface area contributed by atoms with Gasteiger partial charge in [0.15, 0.2) is 0 Å². The minimum Gasteiger partial charge on any atom is -0.396 e. The van der Waals surface area contributed by atoms with E-state index in [2.05, 4.69) is 29.6 Å². The Balaban J connectivity index is 2.15. The average Bonchev–Trinajstić information content (AvgIpc) is 2.30. The molecule has 2 atom stereocenters. The van der Waals surface area contributed by atoms with Gasteiger partial charge in [-0.05, 0) is 24.4 Å². The van der Waals surface area contributed by atoms with Crippen molar-refractivity contribution in [2.24, 2.45) is 5.92 Å². The lowest BCUT2D eigenvalue weighted by Gasteiger charge is -2.31. The molecule has 0 unspecified atom stereocenters. The van der Waals surface area contributed by atoms with E-state index >= 15 is 0 Å².